The minimum Gasteiger partial charge on any atom is -0.478 e. The molecule has 0 aliphatic carbocycles. The highest BCUT2D eigenvalue weighted by molar-refractivity contribution is 5.89. The molecule has 22 heavy (non-hydrogen) atoms. The van der Waals surface area contributed by atoms with Gasteiger partial charge in [0.1, 0.15) is 0 Å². The maximum atomic E-state index is 12.4. The van der Waals surface area contributed by atoms with Gasteiger partial charge in [0.15, 0.2) is 0 Å². The molecule has 1 aromatic heterocycles. The summed E-state index contributed by atoms with van der Waals surface area (Å²) in [5, 5.41) is 14.3. The van der Waals surface area contributed by atoms with Crippen LogP contribution in [0.1, 0.15) is 25.1 Å². The second-order valence-electron chi connectivity index (χ2n) is 4.64. The van der Waals surface area contributed by atoms with Gasteiger partial charge in [0.2, 0.25) is 0 Å². The van der Waals surface area contributed by atoms with Crippen molar-refractivity contribution < 1.29 is 9.90 Å². The van der Waals surface area contributed by atoms with Crippen molar-refractivity contribution in [3.63, 3.8) is 0 Å². The van der Waals surface area contributed by atoms with Crippen molar-refractivity contribution in [3.8, 4) is 0 Å². The molecule has 0 aliphatic rings. The third kappa shape index (κ3) is 3.72. The second kappa shape index (κ2) is 7.39. The maximum absolute atomic E-state index is 12.4. The highest BCUT2D eigenvalue weighted by Crippen LogP contribution is 2.03. The molecule has 0 aliphatic heterocycles. The van der Waals surface area contributed by atoms with Crippen LogP contribution in [-0.2, 0) is 17.9 Å². The summed E-state index contributed by atoms with van der Waals surface area (Å²) in [6.45, 7) is 3.99. The first-order valence-corrected chi connectivity index (χ1v) is 6.83. The zero-order valence-electron chi connectivity index (χ0n) is 13.1. The summed E-state index contributed by atoms with van der Waals surface area (Å²) < 4.78 is 2.46. The smallest absolute Gasteiger partial charge is 0.331 e. The predicted molar refractivity (Wildman–Crippen MR) is 84.3 cm³/mol. The molecule has 0 fully saturated rings. The first-order valence-electron chi connectivity index (χ1n) is 6.83. The van der Waals surface area contributed by atoms with E-state index in [0.29, 0.717) is 6.54 Å². The third-order valence-corrected chi connectivity index (χ3v) is 2.94. The predicted octanol–water partition coefficient (Wildman–Crippen LogP) is 0.0431. The van der Waals surface area contributed by atoms with Crippen molar-refractivity contribution in [2.24, 2.45) is 5.10 Å². The van der Waals surface area contributed by atoms with Gasteiger partial charge >= 0.3 is 11.7 Å². The molecule has 0 spiro atoms. The standard InChI is InChI=1S/C14H20N4O4/c1-5-17-11(9-15-16(3)4)10(7-8-12(19)20)13(21)18(6-2)14(17)22/h7-9H,5-6H2,1-4H3,(H,19,20)/b8-7+,15-9+. The Hall–Kier alpha value is -2.64. The number of carboxylic acid groups (broad SMARTS) is 1. The summed E-state index contributed by atoms with van der Waals surface area (Å²) >= 11 is 0. The van der Waals surface area contributed by atoms with Gasteiger partial charge in [-0.05, 0) is 19.9 Å². The van der Waals surface area contributed by atoms with E-state index in [1.165, 1.54) is 21.9 Å². The van der Waals surface area contributed by atoms with Gasteiger partial charge in [-0.3, -0.25) is 13.9 Å². The molecule has 0 radical (unpaired) electrons. The van der Waals surface area contributed by atoms with Gasteiger partial charge in [0.25, 0.3) is 5.56 Å². The summed E-state index contributed by atoms with van der Waals surface area (Å²) in [7, 11) is 3.40. The summed E-state index contributed by atoms with van der Waals surface area (Å²) in [6.07, 6.45) is 3.45. The van der Waals surface area contributed by atoms with E-state index in [1.807, 2.05) is 0 Å². The van der Waals surface area contributed by atoms with Gasteiger partial charge in [-0.15, -0.1) is 0 Å². The fourth-order valence-electron chi connectivity index (χ4n) is 1.94. The average Bonchev–Trinajstić information content (AvgIpc) is 2.44. The number of nitrogens with zero attached hydrogens (tertiary/aromatic N) is 4. The lowest BCUT2D eigenvalue weighted by Gasteiger charge is -2.14. The van der Waals surface area contributed by atoms with E-state index in [0.717, 1.165) is 10.6 Å². The van der Waals surface area contributed by atoms with Crippen molar-refractivity contribution in [2.75, 3.05) is 14.1 Å². The number of aliphatic carboxylic acids is 1. The molecule has 0 saturated heterocycles. The van der Waals surface area contributed by atoms with Crippen molar-refractivity contribution in [1.29, 1.82) is 0 Å². The van der Waals surface area contributed by atoms with Gasteiger partial charge in [0.05, 0.1) is 17.5 Å². The zero-order valence-corrected chi connectivity index (χ0v) is 13.1. The molecular formula is C14H20N4O4. The highest BCUT2D eigenvalue weighted by atomic mass is 16.4. The number of carbonyl (C=O) groups is 1. The lowest BCUT2D eigenvalue weighted by Crippen LogP contribution is -2.42. The Bertz CT molecular complexity index is 726. The van der Waals surface area contributed by atoms with E-state index < -0.39 is 17.2 Å². The van der Waals surface area contributed by atoms with E-state index >= 15 is 0 Å². The SMILES string of the molecule is CCn1c(/C=N/N(C)C)c(/C=C/C(=O)O)c(=O)n(CC)c1=O. The molecule has 0 saturated carbocycles. The molecule has 0 unspecified atom stereocenters. The number of hydrazone groups is 1. The number of hydrogen-bond donors (Lipinski definition) is 1. The van der Waals surface area contributed by atoms with Crippen LogP contribution in [0.25, 0.3) is 6.08 Å². The molecule has 0 atom stereocenters. The summed E-state index contributed by atoms with van der Waals surface area (Å²) in [5.74, 6) is -1.17. The third-order valence-electron chi connectivity index (χ3n) is 2.94. The lowest BCUT2D eigenvalue weighted by molar-refractivity contribution is -0.131. The molecule has 1 aromatic rings. The molecule has 120 valence electrons. The number of rotatable bonds is 6. The van der Waals surface area contributed by atoms with Gasteiger partial charge in [0, 0.05) is 33.3 Å². The molecule has 1 heterocycles. The zero-order chi connectivity index (χ0) is 16.9. The van der Waals surface area contributed by atoms with Crippen LogP contribution in [0.3, 0.4) is 0 Å². The van der Waals surface area contributed by atoms with E-state index in [4.69, 9.17) is 5.11 Å². The number of hydrogen-bond acceptors (Lipinski definition) is 5. The van der Waals surface area contributed by atoms with Crippen molar-refractivity contribution in [1.82, 2.24) is 14.1 Å². The molecule has 1 rings (SSSR count). The van der Waals surface area contributed by atoms with Gasteiger partial charge in [-0.25, -0.2) is 9.59 Å². The van der Waals surface area contributed by atoms with Crippen LogP contribution in [-0.4, -0.2) is 45.5 Å². The summed E-state index contributed by atoms with van der Waals surface area (Å²) in [5.41, 5.74) is -0.567. The Morgan fingerprint density at radius 2 is 1.82 bits per heavy atom. The van der Waals surface area contributed by atoms with Crippen LogP contribution in [0.2, 0.25) is 0 Å². The quantitative estimate of drug-likeness (QED) is 0.455. The minimum absolute atomic E-state index is 0.122. The van der Waals surface area contributed by atoms with Crippen molar-refractivity contribution in [2.45, 2.75) is 26.9 Å². The van der Waals surface area contributed by atoms with Crippen LogP contribution in [0.5, 0.6) is 0 Å². The average molecular weight is 308 g/mol. The van der Waals surface area contributed by atoms with Gasteiger partial charge in [-0.1, -0.05) is 0 Å². The number of aromatic nitrogens is 2. The van der Waals surface area contributed by atoms with Crippen LogP contribution in [0.4, 0.5) is 0 Å². The van der Waals surface area contributed by atoms with E-state index in [-0.39, 0.29) is 17.8 Å². The van der Waals surface area contributed by atoms with Crippen molar-refractivity contribution >= 4 is 18.3 Å². The lowest BCUT2D eigenvalue weighted by atomic mass is 10.2. The highest BCUT2D eigenvalue weighted by Gasteiger charge is 2.15. The molecule has 8 heteroatoms. The Morgan fingerprint density at radius 3 is 2.27 bits per heavy atom. The summed E-state index contributed by atoms with van der Waals surface area (Å²) in [4.78, 5) is 35.4. The fourth-order valence-corrected chi connectivity index (χ4v) is 1.94. The first-order chi connectivity index (χ1) is 10.3. The van der Waals surface area contributed by atoms with Crippen LogP contribution in [0, 0.1) is 0 Å². The van der Waals surface area contributed by atoms with Gasteiger partial charge in [-0.2, -0.15) is 5.10 Å². The normalized spacial score (nSPS) is 11.5. The van der Waals surface area contributed by atoms with Crippen LogP contribution >= 0.6 is 0 Å². The summed E-state index contributed by atoms with van der Waals surface area (Å²) in [6, 6.07) is 0. The van der Waals surface area contributed by atoms with E-state index in [2.05, 4.69) is 5.10 Å². The Labute approximate surface area is 127 Å². The largest absolute Gasteiger partial charge is 0.478 e. The second-order valence-corrected chi connectivity index (χ2v) is 4.64. The molecule has 0 aromatic carbocycles. The van der Waals surface area contributed by atoms with E-state index in [1.54, 1.807) is 27.9 Å². The maximum Gasteiger partial charge on any atom is 0.331 e. The fraction of sp³-hybridized carbons (Fsp3) is 0.429. The molecule has 0 amide bonds. The first kappa shape index (κ1) is 17.4. The number of carboxylic acids is 1. The topological polar surface area (TPSA) is 96.9 Å². The Kier molecular flexibility index (Phi) is 5.85. The van der Waals surface area contributed by atoms with Crippen LogP contribution in [0.15, 0.2) is 20.8 Å². The Morgan fingerprint density at radius 1 is 1.23 bits per heavy atom. The molecule has 1 N–H and O–H groups in total. The molecule has 8 nitrogen and oxygen atoms in total. The molecular weight excluding hydrogens is 288 g/mol. The van der Waals surface area contributed by atoms with Gasteiger partial charge < -0.3 is 10.1 Å². The van der Waals surface area contributed by atoms with Crippen LogP contribution < -0.4 is 11.2 Å². The van der Waals surface area contributed by atoms with E-state index in [9.17, 15) is 14.4 Å². The van der Waals surface area contributed by atoms with Crippen molar-refractivity contribution in [3.05, 3.63) is 38.2 Å². The Balaban J connectivity index is 3.79. The molecule has 0 bridgehead atoms. The monoisotopic (exact) mass is 308 g/mol. The minimum atomic E-state index is -1.17.